The summed E-state index contributed by atoms with van der Waals surface area (Å²) in [6.45, 7) is 4.33. The predicted octanol–water partition coefficient (Wildman–Crippen LogP) is 3.13. The molecule has 2 N–H and O–H groups in total. The van der Waals surface area contributed by atoms with E-state index in [2.05, 4.69) is 10.6 Å². The van der Waals surface area contributed by atoms with Gasteiger partial charge in [0.25, 0.3) is 5.91 Å². The summed E-state index contributed by atoms with van der Waals surface area (Å²) in [6, 6.07) is 14.6. The van der Waals surface area contributed by atoms with Gasteiger partial charge in [0.1, 0.15) is 0 Å². The summed E-state index contributed by atoms with van der Waals surface area (Å²) in [5, 5.41) is 14.6. The zero-order valence-corrected chi connectivity index (χ0v) is 19.6. The van der Waals surface area contributed by atoms with Crippen molar-refractivity contribution in [3.63, 3.8) is 0 Å². The van der Waals surface area contributed by atoms with Crippen LogP contribution in [0.15, 0.2) is 53.4 Å². The first-order valence-electron chi connectivity index (χ1n) is 11.0. The van der Waals surface area contributed by atoms with Crippen molar-refractivity contribution in [2.75, 3.05) is 18.4 Å². The third-order valence-electron chi connectivity index (χ3n) is 5.87. The average Bonchev–Trinajstić information content (AvgIpc) is 2.84. The Bertz CT molecular complexity index is 1150. The molecule has 1 fully saturated rings. The number of amides is 2. The Hall–Kier alpha value is -3.22. The Morgan fingerprint density at radius 3 is 2.36 bits per heavy atom. The van der Waals surface area contributed by atoms with Gasteiger partial charge in [0.05, 0.1) is 27.8 Å². The van der Waals surface area contributed by atoms with Crippen molar-refractivity contribution in [2.45, 2.75) is 44.0 Å². The first kappa shape index (κ1) is 24.4. The van der Waals surface area contributed by atoms with E-state index in [1.807, 2.05) is 19.9 Å². The monoisotopic (exact) mass is 468 g/mol. The number of benzene rings is 2. The lowest BCUT2D eigenvalue weighted by Gasteiger charge is -2.30. The molecule has 9 heteroatoms. The zero-order chi connectivity index (χ0) is 24.0. The van der Waals surface area contributed by atoms with Gasteiger partial charge in [0, 0.05) is 25.0 Å². The van der Waals surface area contributed by atoms with E-state index in [0.717, 1.165) is 6.42 Å². The molecule has 1 unspecified atom stereocenters. The van der Waals surface area contributed by atoms with E-state index >= 15 is 0 Å². The molecule has 1 aliphatic rings. The second kappa shape index (κ2) is 10.6. The van der Waals surface area contributed by atoms with Crippen molar-refractivity contribution in [1.82, 2.24) is 9.62 Å². The number of carbonyl (C=O) groups excluding carboxylic acids is 2. The molecule has 2 aromatic rings. The van der Waals surface area contributed by atoms with Gasteiger partial charge >= 0.3 is 0 Å². The molecule has 8 nitrogen and oxygen atoms in total. The molecular weight excluding hydrogens is 440 g/mol. The molecule has 0 bridgehead atoms. The summed E-state index contributed by atoms with van der Waals surface area (Å²) in [6.07, 6.45) is 1.55. The second-order valence-electron chi connectivity index (χ2n) is 8.13. The first-order valence-corrected chi connectivity index (χ1v) is 12.4. The lowest BCUT2D eigenvalue weighted by atomic mass is 9.97. The summed E-state index contributed by atoms with van der Waals surface area (Å²) in [5.41, 5.74) is 1.23. The van der Waals surface area contributed by atoms with Crippen LogP contribution in [0.4, 0.5) is 5.69 Å². The second-order valence-corrected chi connectivity index (χ2v) is 10.1. The Labute approximate surface area is 194 Å². The average molecular weight is 469 g/mol. The number of piperidine rings is 1. The van der Waals surface area contributed by atoms with Crippen LogP contribution in [-0.2, 0) is 14.8 Å². The normalized spacial score (nSPS) is 15.9. The lowest BCUT2D eigenvalue weighted by molar-refractivity contribution is -0.120. The Morgan fingerprint density at radius 2 is 1.76 bits per heavy atom. The number of para-hydroxylation sites is 1. The van der Waals surface area contributed by atoms with E-state index in [9.17, 15) is 18.0 Å². The highest BCUT2D eigenvalue weighted by Crippen LogP contribution is 2.26. The number of anilines is 1. The van der Waals surface area contributed by atoms with E-state index in [-0.39, 0.29) is 41.8 Å². The lowest BCUT2D eigenvalue weighted by Crippen LogP contribution is -2.41. The molecular formula is C24H28N4O4S. The third kappa shape index (κ3) is 5.78. The minimum absolute atomic E-state index is 0.0173. The van der Waals surface area contributed by atoms with Gasteiger partial charge in [-0.2, -0.15) is 9.57 Å². The molecule has 1 heterocycles. The number of carbonyl (C=O) groups is 2. The van der Waals surface area contributed by atoms with Crippen LogP contribution in [0, 0.1) is 17.2 Å². The predicted molar refractivity (Wildman–Crippen MR) is 125 cm³/mol. The van der Waals surface area contributed by atoms with Crippen LogP contribution in [0.5, 0.6) is 0 Å². The van der Waals surface area contributed by atoms with Crippen LogP contribution >= 0.6 is 0 Å². The summed E-state index contributed by atoms with van der Waals surface area (Å²) >= 11 is 0. The minimum atomic E-state index is -3.69. The van der Waals surface area contributed by atoms with Gasteiger partial charge in [0.15, 0.2) is 0 Å². The van der Waals surface area contributed by atoms with Crippen molar-refractivity contribution in [3.8, 4) is 6.07 Å². The fourth-order valence-corrected chi connectivity index (χ4v) is 5.11. The Balaban J connectivity index is 1.63. The molecule has 33 heavy (non-hydrogen) atoms. The van der Waals surface area contributed by atoms with Crippen LogP contribution in [0.1, 0.15) is 49.0 Å². The standard InChI is InChI=1S/C24H28N4O4S/c1-3-17(2)26-24(30)21-6-4-5-7-22(21)27-23(29)19-12-14-28(15-13-19)33(31,32)20-10-8-18(16-25)9-11-20/h4-11,17,19H,3,12-15H2,1-2H3,(H,26,30)(H,27,29). The molecule has 0 saturated carbocycles. The van der Waals surface area contributed by atoms with Gasteiger partial charge in [0.2, 0.25) is 15.9 Å². The number of hydrogen-bond acceptors (Lipinski definition) is 5. The third-order valence-corrected chi connectivity index (χ3v) is 7.78. The fraction of sp³-hybridized carbons (Fsp3) is 0.375. The molecule has 0 radical (unpaired) electrons. The molecule has 1 saturated heterocycles. The van der Waals surface area contributed by atoms with Gasteiger partial charge < -0.3 is 10.6 Å². The molecule has 2 aromatic carbocycles. The fourth-order valence-electron chi connectivity index (χ4n) is 3.64. The largest absolute Gasteiger partial charge is 0.350 e. The van der Waals surface area contributed by atoms with Crippen LogP contribution in [0.25, 0.3) is 0 Å². The van der Waals surface area contributed by atoms with Gasteiger partial charge in [-0.1, -0.05) is 19.1 Å². The molecule has 2 amide bonds. The van der Waals surface area contributed by atoms with Crippen molar-refractivity contribution in [2.24, 2.45) is 5.92 Å². The zero-order valence-electron chi connectivity index (χ0n) is 18.7. The van der Waals surface area contributed by atoms with Crippen molar-refractivity contribution >= 4 is 27.5 Å². The summed E-state index contributed by atoms with van der Waals surface area (Å²) < 4.78 is 27.1. The molecule has 0 spiro atoms. The molecule has 174 valence electrons. The van der Waals surface area contributed by atoms with Gasteiger partial charge in [-0.05, 0) is 62.6 Å². The van der Waals surface area contributed by atoms with Gasteiger partial charge in [-0.25, -0.2) is 8.42 Å². The van der Waals surface area contributed by atoms with E-state index in [4.69, 9.17) is 5.26 Å². The number of nitriles is 1. The molecule has 3 rings (SSSR count). The van der Waals surface area contributed by atoms with Gasteiger partial charge in [-0.15, -0.1) is 0 Å². The van der Waals surface area contributed by atoms with Gasteiger partial charge in [-0.3, -0.25) is 9.59 Å². The van der Waals surface area contributed by atoms with E-state index in [1.54, 1.807) is 24.3 Å². The first-order chi connectivity index (χ1) is 15.8. The number of sulfonamides is 1. The molecule has 1 aliphatic heterocycles. The highest BCUT2D eigenvalue weighted by Gasteiger charge is 2.32. The number of hydrogen-bond donors (Lipinski definition) is 2. The SMILES string of the molecule is CCC(C)NC(=O)c1ccccc1NC(=O)C1CCN(S(=O)(=O)c2ccc(C#N)cc2)CC1. The highest BCUT2D eigenvalue weighted by atomic mass is 32.2. The van der Waals surface area contributed by atoms with Crippen LogP contribution in [0.3, 0.4) is 0 Å². The van der Waals surface area contributed by atoms with Crippen molar-refractivity contribution < 1.29 is 18.0 Å². The van der Waals surface area contributed by atoms with E-state index in [0.29, 0.717) is 29.7 Å². The van der Waals surface area contributed by atoms with E-state index in [1.165, 1.54) is 28.6 Å². The van der Waals surface area contributed by atoms with Crippen LogP contribution < -0.4 is 10.6 Å². The highest BCUT2D eigenvalue weighted by molar-refractivity contribution is 7.89. The van der Waals surface area contributed by atoms with Crippen molar-refractivity contribution in [3.05, 3.63) is 59.7 Å². The van der Waals surface area contributed by atoms with Crippen molar-refractivity contribution in [1.29, 1.82) is 5.26 Å². The topological polar surface area (TPSA) is 119 Å². The maximum Gasteiger partial charge on any atom is 0.253 e. The number of nitrogens with zero attached hydrogens (tertiary/aromatic N) is 2. The Morgan fingerprint density at radius 1 is 1.12 bits per heavy atom. The molecule has 0 aromatic heterocycles. The summed E-state index contributed by atoms with van der Waals surface area (Å²) in [7, 11) is -3.69. The number of nitrogens with one attached hydrogen (secondary N) is 2. The number of rotatable bonds is 7. The smallest absolute Gasteiger partial charge is 0.253 e. The minimum Gasteiger partial charge on any atom is -0.350 e. The molecule has 1 atom stereocenters. The Kier molecular flexibility index (Phi) is 7.84. The molecule has 0 aliphatic carbocycles. The summed E-state index contributed by atoms with van der Waals surface area (Å²) in [5.74, 6) is -0.833. The quantitative estimate of drug-likeness (QED) is 0.647. The van der Waals surface area contributed by atoms with Crippen LogP contribution in [-0.4, -0.2) is 43.7 Å². The maximum atomic E-state index is 12.9. The maximum absolute atomic E-state index is 12.9. The van der Waals surface area contributed by atoms with E-state index < -0.39 is 10.0 Å². The van der Waals surface area contributed by atoms with Crippen LogP contribution in [0.2, 0.25) is 0 Å². The summed E-state index contributed by atoms with van der Waals surface area (Å²) in [4.78, 5) is 25.6.